The molecule has 1 aromatic heterocycles. The summed E-state index contributed by atoms with van der Waals surface area (Å²) in [6, 6.07) is 4.99. The molecule has 9 heteroatoms. The Morgan fingerprint density at radius 2 is 1.97 bits per heavy atom. The molecule has 1 aromatic carbocycles. The van der Waals surface area contributed by atoms with Gasteiger partial charge in [-0.05, 0) is 38.0 Å². The molecule has 0 aliphatic carbocycles. The summed E-state index contributed by atoms with van der Waals surface area (Å²) in [5.74, 6) is -5.69. The zero-order chi connectivity index (χ0) is 22.2. The van der Waals surface area contributed by atoms with E-state index in [0.717, 1.165) is 6.07 Å². The lowest BCUT2D eigenvalue weighted by atomic mass is 9.78. The molecule has 0 unspecified atom stereocenters. The minimum absolute atomic E-state index is 0.00568. The summed E-state index contributed by atoms with van der Waals surface area (Å²) >= 11 is 0. The van der Waals surface area contributed by atoms with E-state index >= 15 is 0 Å². The highest BCUT2D eigenvalue weighted by molar-refractivity contribution is 5.96. The number of amides is 1. The number of benzene rings is 1. The number of hydrogen-bond acceptors (Lipinski definition) is 6. The summed E-state index contributed by atoms with van der Waals surface area (Å²) in [6.07, 6.45) is 0.239. The Bertz CT molecular complexity index is 995. The van der Waals surface area contributed by atoms with Gasteiger partial charge in [-0.1, -0.05) is 13.0 Å². The van der Waals surface area contributed by atoms with Crippen LogP contribution < -0.4 is 5.32 Å². The molecule has 1 saturated heterocycles. The summed E-state index contributed by atoms with van der Waals surface area (Å²) in [4.78, 5) is 28.6. The number of carbonyl (C=O) groups excluding carboxylic acids is 2. The molecule has 160 valence electrons. The molecular formula is C21H22F2N2O5. The molecule has 1 fully saturated rings. The number of methoxy groups -OCH3 is 1. The molecule has 3 atom stereocenters. The van der Waals surface area contributed by atoms with Crippen molar-refractivity contribution >= 4 is 17.6 Å². The second kappa shape index (κ2) is 7.98. The van der Waals surface area contributed by atoms with Gasteiger partial charge in [0.1, 0.15) is 11.8 Å². The summed E-state index contributed by atoms with van der Waals surface area (Å²) in [6.45, 7) is 5.35. The summed E-state index contributed by atoms with van der Waals surface area (Å²) in [5.41, 5.74) is -0.410. The first-order valence-corrected chi connectivity index (χ1v) is 9.26. The van der Waals surface area contributed by atoms with E-state index < -0.39 is 46.9 Å². The van der Waals surface area contributed by atoms with E-state index in [4.69, 9.17) is 4.74 Å². The predicted octanol–water partition coefficient (Wildman–Crippen LogP) is 3.39. The quantitative estimate of drug-likeness (QED) is 0.736. The fraction of sp³-hybridized carbons (Fsp3) is 0.381. The Kier molecular flexibility index (Phi) is 5.76. The van der Waals surface area contributed by atoms with Crippen molar-refractivity contribution in [2.45, 2.75) is 38.4 Å². The first kappa shape index (κ1) is 21.6. The van der Waals surface area contributed by atoms with E-state index in [1.165, 1.54) is 31.5 Å². The molecule has 1 aliphatic heterocycles. The lowest BCUT2D eigenvalue weighted by Gasteiger charge is -2.25. The van der Waals surface area contributed by atoms with Crippen LogP contribution in [0.4, 0.5) is 14.5 Å². The normalized spacial score (nSPS) is 22.5. The third kappa shape index (κ3) is 3.85. The molecule has 0 saturated carbocycles. The minimum atomic E-state index is -1.37. The standard InChI is InChI=1S/C21H22F2N2O5/c1-10-15(12-5-6-13(22)16(23)17(12)26)18(30-21(10,2)3)19(27)25-11-7-8-24-14(9-11)20(28)29-4/h5-10,15,18,26H,1-4H3,(H,24,25,27)/t10-,15-,18-/m0/s1. The second-order valence-electron chi connectivity index (χ2n) is 7.67. The van der Waals surface area contributed by atoms with Crippen LogP contribution in [0.25, 0.3) is 0 Å². The fourth-order valence-electron chi connectivity index (χ4n) is 3.61. The number of nitrogens with one attached hydrogen (secondary N) is 1. The van der Waals surface area contributed by atoms with Gasteiger partial charge in [0.2, 0.25) is 5.82 Å². The maximum atomic E-state index is 14.0. The average Bonchev–Trinajstić information content (AvgIpc) is 2.95. The first-order valence-electron chi connectivity index (χ1n) is 9.26. The van der Waals surface area contributed by atoms with Gasteiger partial charge >= 0.3 is 5.97 Å². The highest BCUT2D eigenvalue weighted by Gasteiger charge is 2.51. The van der Waals surface area contributed by atoms with Crippen LogP contribution in [0.5, 0.6) is 5.75 Å². The number of halogens is 2. The van der Waals surface area contributed by atoms with E-state index in [0.29, 0.717) is 0 Å². The number of aromatic nitrogens is 1. The van der Waals surface area contributed by atoms with Gasteiger partial charge in [-0.3, -0.25) is 4.79 Å². The third-order valence-electron chi connectivity index (χ3n) is 5.53. The Hall–Kier alpha value is -3.07. The SMILES string of the molecule is COC(=O)c1cc(NC(=O)[C@H]2OC(C)(C)[C@@H](C)[C@H]2c2ccc(F)c(F)c2O)ccn1. The molecule has 1 aliphatic rings. The van der Waals surface area contributed by atoms with Crippen LogP contribution in [-0.2, 0) is 14.3 Å². The number of phenols is 1. The highest BCUT2D eigenvalue weighted by atomic mass is 19.2. The topological polar surface area (TPSA) is 97.8 Å². The van der Waals surface area contributed by atoms with Crippen LogP contribution in [0.3, 0.4) is 0 Å². The average molecular weight is 420 g/mol. The molecule has 30 heavy (non-hydrogen) atoms. The number of anilines is 1. The molecule has 7 nitrogen and oxygen atoms in total. The molecule has 1 amide bonds. The largest absolute Gasteiger partial charge is 0.505 e. The predicted molar refractivity (Wildman–Crippen MR) is 103 cm³/mol. The van der Waals surface area contributed by atoms with E-state index in [1.54, 1.807) is 20.8 Å². The Morgan fingerprint density at radius 1 is 1.27 bits per heavy atom. The molecule has 0 bridgehead atoms. The van der Waals surface area contributed by atoms with Crippen molar-refractivity contribution in [1.29, 1.82) is 0 Å². The number of ether oxygens (including phenoxy) is 2. The number of nitrogens with zero attached hydrogens (tertiary/aromatic N) is 1. The van der Waals surface area contributed by atoms with Crippen LogP contribution in [0, 0.1) is 17.6 Å². The van der Waals surface area contributed by atoms with Gasteiger partial charge in [0, 0.05) is 23.4 Å². The van der Waals surface area contributed by atoms with E-state index in [1.807, 2.05) is 0 Å². The van der Waals surface area contributed by atoms with Crippen molar-refractivity contribution in [3.05, 3.63) is 53.4 Å². The molecule has 2 heterocycles. The Labute approximate surface area is 172 Å². The zero-order valence-corrected chi connectivity index (χ0v) is 16.9. The number of carbonyl (C=O) groups is 2. The number of hydrogen-bond donors (Lipinski definition) is 2. The fourth-order valence-corrected chi connectivity index (χ4v) is 3.61. The molecule has 2 aromatic rings. The number of esters is 1. The van der Waals surface area contributed by atoms with E-state index in [9.17, 15) is 23.5 Å². The van der Waals surface area contributed by atoms with Gasteiger partial charge in [0.25, 0.3) is 5.91 Å². The van der Waals surface area contributed by atoms with E-state index in [2.05, 4.69) is 15.0 Å². The van der Waals surface area contributed by atoms with Crippen molar-refractivity contribution in [2.75, 3.05) is 12.4 Å². The van der Waals surface area contributed by atoms with Crippen LogP contribution in [0.2, 0.25) is 0 Å². The van der Waals surface area contributed by atoms with Gasteiger partial charge in [-0.15, -0.1) is 0 Å². The van der Waals surface area contributed by atoms with Crippen molar-refractivity contribution in [1.82, 2.24) is 4.98 Å². The maximum Gasteiger partial charge on any atom is 0.356 e. The van der Waals surface area contributed by atoms with Crippen molar-refractivity contribution in [2.24, 2.45) is 5.92 Å². The van der Waals surface area contributed by atoms with Crippen LogP contribution in [0.1, 0.15) is 42.7 Å². The monoisotopic (exact) mass is 420 g/mol. The lowest BCUT2D eigenvalue weighted by Crippen LogP contribution is -2.33. The highest BCUT2D eigenvalue weighted by Crippen LogP contribution is 2.49. The third-order valence-corrected chi connectivity index (χ3v) is 5.53. The smallest absolute Gasteiger partial charge is 0.356 e. The van der Waals surface area contributed by atoms with Gasteiger partial charge in [0.05, 0.1) is 12.7 Å². The zero-order valence-electron chi connectivity index (χ0n) is 16.9. The van der Waals surface area contributed by atoms with Gasteiger partial charge in [-0.25, -0.2) is 14.2 Å². The lowest BCUT2D eigenvalue weighted by molar-refractivity contribution is -0.131. The number of phenolic OH excluding ortho intramolecular Hbond substituents is 1. The number of aromatic hydroxyl groups is 1. The van der Waals surface area contributed by atoms with Crippen LogP contribution in [0.15, 0.2) is 30.5 Å². The maximum absolute atomic E-state index is 14.0. The number of rotatable bonds is 4. The summed E-state index contributed by atoms with van der Waals surface area (Å²) < 4.78 is 38.0. The first-order chi connectivity index (χ1) is 14.1. The second-order valence-corrected chi connectivity index (χ2v) is 7.67. The van der Waals surface area contributed by atoms with Crippen LogP contribution >= 0.6 is 0 Å². The Balaban J connectivity index is 1.94. The molecule has 0 radical (unpaired) electrons. The molecule has 2 N–H and O–H groups in total. The number of pyridine rings is 1. The van der Waals surface area contributed by atoms with Crippen LogP contribution in [-0.4, -0.2) is 40.8 Å². The van der Waals surface area contributed by atoms with E-state index in [-0.39, 0.29) is 22.9 Å². The minimum Gasteiger partial charge on any atom is -0.505 e. The summed E-state index contributed by atoms with van der Waals surface area (Å²) in [7, 11) is 1.21. The van der Waals surface area contributed by atoms with Crippen molar-refractivity contribution in [3.8, 4) is 5.75 Å². The summed E-state index contributed by atoms with van der Waals surface area (Å²) in [5, 5.41) is 12.8. The van der Waals surface area contributed by atoms with Crippen molar-refractivity contribution in [3.63, 3.8) is 0 Å². The van der Waals surface area contributed by atoms with Gasteiger partial charge in [0.15, 0.2) is 11.6 Å². The van der Waals surface area contributed by atoms with Gasteiger partial charge < -0.3 is 19.9 Å². The molecule has 3 rings (SSSR count). The van der Waals surface area contributed by atoms with Gasteiger partial charge in [-0.2, -0.15) is 4.39 Å². The van der Waals surface area contributed by atoms with Crippen molar-refractivity contribution < 1.29 is 33.0 Å². The Morgan fingerprint density at radius 3 is 2.63 bits per heavy atom. The molecule has 0 spiro atoms. The molecular weight excluding hydrogens is 398 g/mol.